The first-order chi connectivity index (χ1) is 9.59. The number of nitrogen functional groups attached to an aromatic ring is 1. The van der Waals surface area contributed by atoms with Gasteiger partial charge in [0, 0.05) is 17.5 Å². The van der Waals surface area contributed by atoms with Crippen molar-refractivity contribution in [1.82, 2.24) is 4.68 Å². The minimum atomic E-state index is -0.0128. The summed E-state index contributed by atoms with van der Waals surface area (Å²) in [7, 11) is 0. The van der Waals surface area contributed by atoms with E-state index in [2.05, 4.69) is 18.9 Å². The molecule has 2 N–H and O–H groups in total. The van der Waals surface area contributed by atoms with Gasteiger partial charge in [0.15, 0.2) is 0 Å². The first-order valence-electron chi connectivity index (χ1n) is 7.28. The molecule has 2 atom stereocenters. The SMILES string of the molecule is CC1CCCC(C)N1n1c(N)cc2ccccc2c1=O. The molecule has 4 nitrogen and oxygen atoms in total. The second-order valence-electron chi connectivity index (χ2n) is 5.78. The lowest BCUT2D eigenvalue weighted by molar-refractivity contribution is 0.334. The molecular formula is C16H21N3O. The Kier molecular flexibility index (Phi) is 3.16. The van der Waals surface area contributed by atoms with Crippen LogP contribution in [0.15, 0.2) is 35.1 Å². The fourth-order valence-corrected chi connectivity index (χ4v) is 3.31. The van der Waals surface area contributed by atoms with E-state index in [1.807, 2.05) is 30.3 Å². The summed E-state index contributed by atoms with van der Waals surface area (Å²) in [4.78, 5) is 12.8. The molecule has 1 saturated heterocycles. The van der Waals surface area contributed by atoms with Crippen molar-refractivity contribution in [1.29, 1.82) is 0 Å². The van der Waals surface area contributed by atoms with E-state index >= 15 is 0 Å². The van der Waals surface area contributed by atoms with Gasteiger partial charge in [-0.25, -0.2) is 4.68 Å². The Balaban J connectivity index is 2.23. The molecule has 0 aliphatic carbocycles. The number of aromatic nitrogens is 1. The van der Waals surface area contributed by atoms with Crippen LogP contribution < -0.4 is 16.3 Å². The number of hydrogen-bond donors (Lipinski definition) is 1. The Labute approximate surface area is 118 Å². The molecule has 0 bridgehead atoms. The van der Waals surface area contributed by atoms with E-state index in [-0.39, 0.29) is 5.56 Å². The quantitative estimate of drug-likeness (QED) is 0.867. The van der Waals surface area contributed by atoms with Crippen molar-refractivity contribution >= 4 is 16.6 Å². The molecular weight excluding hydrogens is 250 g/mol. The standard InChI is InChI=1S/C16H21N3O/c1-11-6-5-7-12(2)18(11)19-15(17)10-13-8-3-4-9-14(13)16(19)20/h3-4,8-12H,5-7,17H2,1-2H3. The van der Waals surface area contributed by atoms with Crippen LogP contribution in [-0.2, 0) is 0 Å². The van der Waals surface area contributed by atoms with Crippen molar-refractivity contribution in [3.63, 3.8) is 0 Å². The average molecular weight is 271 g/mol. The van der Waals surface area contributed by atoms with Crippen LogP contribution in [0.1, 0.15) is 33.1 Å². The third kappa shape index (κ3) is 1.96. The van der Waals surface area contributed by atoms with Crippen molar-refractivity contribution in [2.75, 3.05) is 10.7 Å². The van der Waals surface area contributed by atoms with Crippen molar-refractivity contribution in [2.24, 2.45) is 0 Å². The fourth-order valence-electron chi connectivity index (χ4n) is 3.31. The van der Waals surface area contributed by atoms with Gasteiger partial charge in [0.25, 0.3) is 5.56 Å². The van der Waals surface area contributed by atoms with Crippen LogP contribution in [0.2, 0.25) is 0 Å². The topological polar surface area (TPSA) is 51.3 Å². The number of rotatable bonds is 1. The zero-order valence-corrected chi connectivity index (χ0v) is 12.0. The molecule has 1 aliphatic rings. The fraction of sp³-hybridized carbons (Fsp3) is 0.438. The van der Waals surface area contributed by atoms with Gasteiger partial charge in [-0.05, 0) is 50.6 Å². The van der Waals surface area contributed by atoms with Gasteiger partial charge in [-0.3, -0.25) is 4.79 Å². The summed E-state index contributed by atoms with van der Waals surface area (Å²) in [6.45, 7) is 4.33. The molecule has 0 saturated carbocycles. The van der Waals surface area contributed by atoms with Gasteiger partial charge in [0.05, 0.1) is 0 Å². The number of anilines is 1. The normalized spacial score (nSPS) is 23.2. The number of nitrogens with two attached hydrogens (primary N) is 1. The maximum atomic E-state index is 12.8. The Hall–Kier alpha value is -1.97. The molecule has 1 fully saturated rings. The number of fused-ring (bicyclic) bond motifs is 1. The van der Waals surface area contributed by atoms with Gasteiger partial charge in [0.1, 0.15) is 5.82 Å². The zero-order chi connectivity index (χ0) is 14.3. The lowest BCUT2D eigenvalue weighted by Gasteiger charge is -2.42. The number of pyridine rings is 1. The summed E-state index contributed by atoms with van der Waals surface area (Å²) < 4.78 is 1.68. The van der Waals surface area contributed by atoms with Gasteiger partial charge >= 0.3 is 0 Å². The lowest BCUT2D eigenvalue weighted by atomic mass is 9.99. The molecule has 4 heteroatoms. The van der Waals surface area contributed by atoms with Crippen LogP contribution in [0.4, 0.5) is 5.82 Å². The van der Waals surface area contributed by atoms with Gasteiger partial charge in [0.2, 0.25) is 0 Å². The van der Waals surface area contributed by atoms with Crippen molar-refractivity contribution in [2.45, 2.75) is 45.2 Å². The van der Waals surface area contributed by atoms with Crippen LogP contribution in [0, 0.1) is 0 Å². The van der Waals surface area contributed by atoms with Crippen LogP contribution in [0.5, 0.6) is 0 Å². The Bertz CT molecular complexity index is 682. The lowest BCUT2D eigenvalue weighted by Crippen LogP contribution is -2.55. The van der Waals surface area contributed by atoms with Crippen LogP contribution in [0.25, 0.3) is 10.8 Å². The minimum absolute atomic E-state index is 0.0128. The maximum Gasteiger partial charge on any atom is 0.278 e. The maximum absolute atomic E-state index is 12.8. The highest BCUT2D eigenvalue weighted by molar-refractivity contribution is 5.83. The molecule has 1 aliphatic heterocycles. The van der Waals surface area contributed by atoms with Gasteiger partial charge < -0.3 is 10.7 Å². The molecule has 1 aromatic carbocycles. The van der Waals surface area contributed by atoms with E-state index in [1.54, 1.807) is 4.68 Å². The number of piperidine rings is 1. The van der Waals surface area contributed by atoms with Gasteiger partial charge in [-0.15, -0.1) is 0 Å². The second-order valence-corrected chi connectivity index (χ2v) is 5.78. The summed E-state index contributed by atoms with van der Waals surface area (Å²) >= 11 is 0. The molecule has 2 unspecified atom stereocenters. The Morgan fingerprint density at radius 1 is 1.15 bits per heavy atom. The Morgan fingerprint density at radius 3 is 2.50 bits per heavy atom. The molecule has 3 rings (SSSR count). The van der Waals surface area contributed by atoms with Crippen LogP contribution >= 0.6 is 0 Å². The number of benzene rings is 1. The zero-order valence-electron chi connectivity index (χ0n) is 12.0. The van der Waals surface area contributed by atoms with E-state index in [4.69, 9.17) is 5.73 Å². The summed E-state index contributed by atoms with van der Waals surface area (Å²) in [5.41, 5.74) is 6.15. The summed E-state index contributed by atoms with van der Waals surface area (Å²) in [6.07, 6.45) is 3.41. The van der Waals surface area contributed by atoms with Crippen LogP contribution in [0.3, 0.4) is 0 Å². The van der Waals surface area contributed by atoms with E-state index < -0.39 is 0 Å². The molecule has 0 radical (unpaired) electrons. The minimum Gasteiger partial charge on any atom is -0.384 e. The van der Waals surface area contributed by atoms with E-state index in [1.165, 1.54) is 6.42 Å². The molecule has 106 valence electrons. The Morgan fingerprint density at radius 2 is 1.80 bits per heavy atom. The van der Waals surface area contributed by atoms with E-state index in [9.17, 15) is 4.79 Å². The highest BCUT2D eigenvalue weighted by atomic mass is 16.1. The molecule has 0 amide bonds. The first kappa shape index (κ1) is 13.0. The highest BCUT2D eigenvalue weighted by Gasteiger charge is 2.27. The predicted molar refractivity (Wildman–Crippen MR) is 83.6 cm³/mol. The smallest absolute Gasteiger partial charge is 0.278 e. The molecule has 1 aromatic heterocycles. The van der Waals surface area contributed by atoms with Crippen molar-refractivity contribution in [3.8, 4) is 0 Å². The summed E-state index contributed by atoms with van der Waals surface area (Å²) in [6, 6.07) is 10.2. The van der Waals surface area contributed by atoms with Gasteiger partial charge in [-0.1, -0.05) is 18.2 Å². The van der Waals surface area contributed by atoms with Crippen LogP contribution in [-0.4, -0.2) is 16.8 Å². The highest BCUT2D eigenvalue weighted by Crippen LogP contribution is 2.23. The number of nitrogens with zero attached hydrogens (tertiary/aromatic N) is 2. The number of hydrogen-bond acceptors (Lipinski definition) is 3. The molecule has 2 heterocycles. The third-order valence-corrected chi connectivity index (χ3v) is 4.31. The monoisotopic (exact) mass is 271 g/mol. The van der Waals surface area contributed by atoms with Crippen molar-refractivity contribution in [3.05, 3.63) is 40.7 Å². The van der Waals surface area contributed by atoms with E-state index in [0.717, 1.165) is 23.6 Å². The van der Waals surface area contributed by atoms with Gasteiger partial charge in [-0.2, -0.15) is 0 Å². The molecule has 2 aromatic rings. The van der Waals surface area contributed by atoms with E-state index in [0.29, 0.717) is 17.9 Å². The summed E-state index contributed by atoms with van der Waals surface area (Å²) in [5, 5.41) is 3.78. The molecule has 0 spiro atoms. The largest absolute Gasteiger partial charge is 0.384 e. The second kappa shape index (κ2) is 4.85. The summed E-state index contributed by atoms with van der Waals surface area (Å²) in [5.74, 6) is 0.523. The molecule has 20 heavy (non-hydrogen) atoms. The first-order valence-corrected chi connectivity index (χ1v) is 7.28. The average Bonchev–Trinajstić information content (AvgIpc) is 2.42. The van der Waals surface area contributed by atoms with Crippen molar-refractivity contribution < 1.29 is 0 Å². The third-order valence-electron chi connectivity index (χ3n) is 4.31. The predicted octanol–water partition coefficient (Wildman–Crippen LogP) is 2.48.